The van der Waals surface area contributed by atoms with E-state index in [0.717, 1.165) is 16.0 Å². The maximum absolute atomic E-state index is 12.8. The van der Waals surface area contributed by atoms with Gasteiger partial charge in [0.15, 0.2) is 0 Å². The van der Waals surface area contributed by atoms with Gasteiger partial charge >= 0.3 is 12.1 Å². The molecular weight excluding hydrogens is 450 g/mol. The number of ether oxygens (including phenoxy) is 2. The molecule has 9 nitrogen and oxygen atoms in total. The second kappa shape index (κ2) is 10.8. The van der Waals surface area contributed by atoms with E-state index < -0.39 is 40.2 Å². The zero-order chi connectivity index (χ0) is 24.0. The van der Waals surface area contributed by atoms with Crippen LogP contribution in [0.2, 0.25) is 0 Å². The molecule has 1 saturated heterocycles. The molecule has 0 bridgehead atoms. The van der Waals surface area contributed by atoms with E-state index in [0.29, 0.717) is 0 Å². The van der Waals surface area contributed by atoms with E-state index in [9.17, 15) is 23.1 Å². The van der Waals surface area contributed by atoms with Crippen LogP contribution in [0.15, 0.2) is 59.5 Å². The normalized spacial score (nSPS) is 20.5. The quantitative estimate of drug-likeness (QED) is 0.454. The topological polar surface area (TPSA) is 119 Å². The number of hydrogen-bond acceptors (Lipinski definition) is 8. The molecule has 1 heterocycles. The van der Waals surface area contributed by atoms with Crippen molar-refractivity contribution in [2.24, 2.45) is 5.92 Å². The summed E-state index contributed by atoms with van der Waals surface area (Å²) in [5, 5.41) is 9.55. The first-order chi connectivity index (χ1) is 15.8. The Hall–Kier alpha value is -2.95. The lowest BCUT2D eigenvalue weighted by Crippen LogP contribution is -2.44. The SMILES string of the molecule is COC(=O)[C@@H]1[C@@H](CCO)[C@@H](OS(=O)(=O)c2ccc(C)cc2)CN1C(=O)OCc1ccccc1. The zero-order valence-corrected chi connectivity index (χ0v) is 19.2. The molecule has 1 aliphatic heterocycles. The van der Waals surface area contributed by atoms with Crippen molar-refractivity contribution in [3.05, 3.63) is 65.7 Å². The Morgan fingerprint density at radius 1 is 1.09 bits per heavy atom. The molecular formula is C23H27NO8S. The maximum atomic E-state index is 12.8. The first kappa shape index (κ1) is 24.7. The van der Waals surface area contributed by atoms with Crippen LogP contribution in [0.5, 0.6) is 0 Å². The Labute approximate surface area is 193 Å². The number of rotatable bonds is 8. The zero-order valence-electron chi connectivity index (χ0n) is 18.4. The largest absolute Gasteiger partial charge is 0.467 e. The molecule has 3 rings (SSSR count). The number of benzene rings is 2. The van der Waals surface area contributed by atoms with Crippen LogP contribution in [0.4, 0.5) is 4.79 Å². The molecule has 0 unspecified atom stereocenters. The lowest BCUT2D eigenvalue weighted by molar-refractivity contribution is -0.147. The highest BCUT2D eigenvalue weighted by atomic mass is 32.2. The highest BCUT2D eigenvalue weighted by Crippen LogP contribution is 2.33. The van der Waals surface area contributed by atoms with Gasteiger partial charge in [0.2, 0.25) is 0 Å². The molecule has 2 aromatic rings. The summed E-state index contributed by atoms with van der Waals surface area (Å²) in [5.41, 5.74) is 1.63. The molecule has 1 aliphatic rings. The van der Waals surface area contributed by atoms with Crippen LogP contribution in [0.3, 0.4) is 0 Å². The minimum Gasteiger partial charge on any atom is -0.467 e. The second-order valence-corrected chi connectivity index (χ2v) is 9.31. The number of methoxy groups -OCH3 is 1. The summed E-state index contributed by atoms with van der Waals surface area (Å²) in [6.07, 6.45) is -1.86. The van der Waals surface area contributed by atoms with Gasteiger partial charge in [0.05, 0.1) is 18.6 Å². The summed E-state index contributed by atoms with van der Waals surface area (Å²) >= 11 is 0. The predicted molar refractivity (Wildman–Crippen MR) is 118 cm³/mol. The Morgan fingerprint density at radius 2 is 1.76 bits per heavy atom. The molecule has 0 radical (unpaired) electrons. The fraction of sp³-hybridized carbons (Fsp3) is 0.391. The Kier molecular flexibility index (Phi) is 8.06. The van der Waals surface area contributed by atoms with E-state index in [2.05, 4.69) is 0 Å². The number of carbonyl (C=O) groups is 2. The fourth-order valence-electron chi connectivity index (χ4n) is 3.81. The van der Waals surface area contributed by atoms with E-state index in [4.69, 9.17) is 13.7 Å². The minimum atomic E-state index is -4.18. The maximum Gasteiger partial charge on any atom is 0.410 e. The molecule has 0 saturated carbocycles. The number of carbonyl (C=O) groups excluding carboxylic acids is 2. The monoisotopic (exact) mass is 477 g/mol. The van der Waals surface area contributed by atoms with Gasteiger partial charge in [-0.1, -0.05) is 48.0 Å². The number of nitrogens with zero attached hydrogens (tertiary/aromatic N) is 1. The second-order valence-electron chi connectivity index (χ2n) is 7.74. The first-order valence-corrected chi connectivity index (χ1v) is 11.8. The van der Waals surface area contributed by atoms with Gasteiger partial charge in [-0.25, -0.2) is 9.59 Å². The number of likely N-dealkylation sites (tertiary alicyclic amines) is 1. The first-order valence-electron chi connectivity index (χ1n) is 10.4. The molecule has 1 fully saturated rings. The van der Waals surface area contributed by atoms with Crippen LogP contribution in [0.25, 0.3) is 0 Å². The van der Waals surface area contributed by atoms with Crippen LogP contribution < -0.4 is 0 Å². The van der Waals surface area contributed by atoms with Crippen LogP contribution in [0.1, 0.15) is 17.5 Å². The van der Waals surface area contributed by atoms with Crippen molar-refractivity contribution in [1.29, 1.82) is 0 Å². The standard InChI is InChI=1S/C23H27NO8S/c1-16-8-10-18(11-9-16)33(28,29)32-20-14-24(21(22(26)30-2)19(20)12-13-25)23(27)31-15-17-6-4-3-5-7-17/h3-11,19-21,25H,12-15H2,1-2H3/t19-,20-,21-/m0/s1. The number of amides is 1. The van der Waals surface area contributed by atoms with E-state index in [-0.39, 0.29) is 31.1 Å². The van der Waals surface area contributed by atoms with Gasteiger partial charge < -0.3 is 14.6 Å². The van der Waals surface area contributed by atoms with Crippen molar-refractivity contribution in [3.8, 4) is 0 Å². The third-order valence-electron chi connectivity index (χ3n) is 5.50. The van der Waals surface area contributed by atoms with E-state index in [1.54, 1.807) is 36.4 Å². The van der Waals surface area contributed by atoms with Crippen molar-refractivity contribution in [2.45, 2.75) is 37.0 Å². The number of hydrogen-bond donors (Lipinski definition) is 1. The van der Waals surface area contributed by atoms with Crippen LogP contribution in [-0.4, -0.2) is 62.9 Å². The van der Waals surface area contributed by atoms with Crippen molar-refractivity contribution < 1.29 is 36.8 Å². The van der Waals surface area contributed by atoms with Crippen LogP contribution in [-0.2, 0) is 35.2 Å². The average Bonchev–Trinajstić information content (AvgIpc) is 3.15. The number of aliphatic hydroxyl groups is 1. The highest BCUT2D eigenvalue weighted by Gasteiger charge is 2.51. The van der Waals surface area contributed by atoms with Crippen LogP contribution >= 0.6 is 0 Å². The molecule has 0 spiro atoms. The number of esters is 1. The van der Waals surface area contributed by atoms with Gasteiger partial charge in [-0.2, -0.15) is 8.42 Å². The van der Waals surface area contributed by atoms with E-state index in [1.807, 2.05) is 13.0 Å². The average molecular weight is 478 g/mol. The Balaban J connectivity index is 1.83. The van der Waals surface area contributed by atoms with Crippen molar-refractivity contribution in [1.82, 2.24) is 4.90 Å². The van der Waals surface area contributed by atoms with Crippen molar-refractivity contribution in [2.75, 3.05) is 20.3 Å². The van der Waals surface area contributed by atoms with Gasteiger partial charge in [0, 0.05) is 12.5 Å². The summed E-state index contributed by atoms with van der Waals surface area (Å²) in [5.74, 6) is -1.56. The lowest BCUT2D eigenvalue weighted by atomic mass is 9.95. The molecule has 1 amide bonds. The van der Waals surface area contributed by atoms with Gasteiger partial charge in [-0.15, -0.1) is 0 Å². The third kappa shape index (κ3) is 5.89. The summed E-state index contributed by atoms with van der Waals surface area (Å²) in [6.45, 7) is 1.24. The lowest BCUT2D eigenvalue weighted by Gasteiger charge is -2.25. The number of aryl methyl sites for hydroxylation is 1. The van der Waals surface area contributed by atoms with Crippen molar-refractivity contribution >= 4 is 22.2 Å². The predicted octanol–water partition coefficient (Wildman–Crippen LogP) is 2.26. The van der Waals surface area contributed by atoms with Gasteiger partial charge in [0.1, 0.15) is 18.8 Å². The minimum absolute atomic E-state index is 0.0241. The molecule has 33 heavy (non-hydrogen) atoms. The molecule has 178 valence electrons. The van der Waals surface area contributed by atoms with Gasteiger partial charge in [0.25, 0.3) is 10.1 Å². The van der Waals surface area contributed by atoms with Crippen molar-refractivity contribution in [3.63, 3.8) is 0 Å². The molecule has 0 aromatic heterocycles. The molecule has 10 heteroatoms. The van der Waals surface area contributed by atoms with E-state index >= 15 is 0 Å². The summed E-state index contributed by atoms with van der Waals surface area (Å²) in [6, 6.07) is 13.9. The Bertz CT molecular complexity index is 1060. The van der Waals surface area contributed by atoms with E-state index in [1.165, 1.54) is 19.2 Å². The summed E-state index contributed by atoms with van der Waals surface area (Å²) < 4.78 is 41.4. The Morgan fingerprint density at radius 3 is 2.36 bits per heavy atom. The third-order valence-corrected chi connectivity index (χ3v) is 6.85. The fourth-order valence-corrected chi connectivity index (χ4v) is 4.92. The molecule has 2 aromatic carbocycles. The molecule has 3 atom stereocenters. The number of aliphatic hydroxyl groups excluding tert-OH is 1. The molecule has 0 aliphatic carbocycles. The highest BCUT2D eigenvalue weighted by molar-refractivity contribution is 7.86. The summed E-state index contributed by atoms with van der Waals surface area (Å²) in [7, 11) is -3.01. The smallest absolute Gasteiger partial charge is 0.410 e. The summed E-state index contributed by atoms with van der Waals surface area (Å²) in [4.78, 5) is 26.5. The van der Waals surface area contributed by atoms with Gasteiger partial charge in [-0.05, 0) is 31.0 Å². The van der Waals surface area contributed by atoms with Crippen LogP contribution in [0, 0.1) is 12.8 Å². The molecule has 1 N–H and O–H groups in total. The van der Waals surface area contributed by atoms with Gasteiger partial charge in [-0.3, -0.25) is 9.08 Å².